The van der Waals surface area contributed by atoms with Crippen molar-refractivity contribution in [3.63, 3.8) is 0 Å². The normalized spacial score (nSPS) is 13.2. The van der Waals surface area contributed by atoms with E-state index in [-0.39, 0.29) is 6.54 Å². The van der Waals surface area contributed by atoms with E-state index in [1.165, 1.54) is 0 Å². The molecule has 0 radical (unpaired) electrons. The van der Waals surface area contributed by atoms with Gasteiger partial charge in [-0.15, -0.1) is 10.2 Å². The molecule has 0 spiro atoms. The zero-order chi connectivity index (χ0) is 11.7. The summed E-state index contributed by atoms with van der Waals surface area (Å²) in [5, 5.41) is 8.73. The van der Waals surface area contributed by atoms with Gasteiger partial charge in [-0.3, -0.25) is 0 Å². The minimum atomic E-state index is -5.70. The molecule has 0 aromatic carbocycles. The quantitative estimate of drug-likeness (QED) is 0.743. The fourth-order valence-corrected chi connectivity index (χ4v) is 0.790. The number of hydrogen-bond donors (Lipinski definition) is 0. The smallest absolute Gasteiger partial charge is 0.187 e. The molecule has 1 aromatic rings. The SMILES string of the molecule is CCCn1nnc(C(F)(F)C(F)(F)F)n1. The second-order valence-corrected chi connectivity index (χ2v) is 2.78. The Hall–Kier alpha value is -1.28. The van der Waals surface area contributed by atoms with Crippen LogP contribution in [-0.4, -0.2) is 26.4 Å². The van der Waals surface area contributed by atoms with Gasteiger partial charge in [0, 0.05) is 0 Å². The summed E-state index contributed by atoms with van der Waals surface area (Å²) in [6.07, 6.45) is -5.19. The molecular weight excluding hydrogens is 223 g/mol. The standard InChI is InChI=1S/C6H7F5N4/c1-2-3-15-13-4(12-14-15)5(7,8)6(9,10)11/h2-3H2,1H3. The van der Waals surface area contributed by atoms with Crippen LogP contribution >= 0.6 is 0 Å². The molecule has 0 aliphatic carbocycles. The van der Waals surface area contributed by atoms with Gasteiger partial charge in [0.05, 0.1) is 6.54 Å². The molecule has 0 amide bonds. The molecule has 0 aliphatic heterocycles. The molecule has 0 saturated heterocycles. The van der Waals surface area contributed by atoms with Gasteiger partial charge in [-0.05, 0) is 11.6 Å². The van der Waals surface area contributed by atoms with Crippen LogP contribution in [0.4, 0.5) is 22.0 Å². The van der Waals surface area contributed by atoms with E-state index in [1.54, 1.807) is 6.92 Å². The fraction of sp³-hybridized carbons (Fsp3) is 0.833. The van der Waals surface area contributed by atoms with Gasteiger partial charge < -0.3 is 0 Å². The van der Waals surface area contributed by atoms with Gasteiger partial charge in [0.25, 0.3) is 5.82 Å². The van der Waals surface area contributed by atoms with E-state index >= 15 is 0 Å². The zero-order valence-electron chi connectivity index (χ0n) is 7.59. The second kappa shape index (κ2) is 3.70. The highest BCUT2D eigenvalue weighted by Crippen LogP contribution is 2.41. The van der Waals surface area contributed by atoms with Crippen LogP contribution in [-0.2, 0) is 12.5 Å². The van der Waals surface area contributed by atoms with E-state index in [0.29, 0.717) is 11.2 Å². The van der Waals surface area contributed by atoms with Gasteiger partial charge in [-0.25, -0.2) is 0 Å². The summed E-state index contributed by atoms with van der Waals surface area (Å²) in [5.41, 5.74) is 0. The number of rotatable bonds is 3. The summed E-state index contributed by atoms with van der Waals surface area (Å²) < 4.78 is 60.8. The largest absolute Gasteiger partial charge is 0.461 e. The Bertz CT molecular complexity index is 331. The Kier molecular flexibility index (Phi) is 2.91. The van der Waals surface area contributed by atoms with Gasteiger partial charge in [0.15, 0.2) is 0 Å². The molecule has 9 heteroatoms. The lowest BCUT2D eigenvalue weighted by Gasteiger charge is -2.14. The molecule has 0 aliphatic rings. The van der Waals surface area contributed by atoms with Crippen LogP contribution in [0.25, 0.3) is 0 Å². The van der Waals surface area contributed by atoms with Crippen LogP contribution in [0.3, 0.4) is 0 Å². The lowest BCUT2D eigenvalue weighted by Crippen LogP contribution is -2.35. The lowest BCUT2D eigenvalue weighted by atomic mass is 10.3. The molecule has 15 heavy (non-hydrogen) atoms. The maximum atomic E-state index is 12.6. The predicted octanol–water partition coefficient (Wildman–Crippen LogP) is 1.74. The van der Waals surface area contributed by atoms with Crippen molar-refractivity contribution >= 4 is 0 Å². The first-order valence-corrected chi connectivity index (χ1v) is 4.02. The molecule has 0 bridgehead atoms. The molecule has 0 saturated carbocycles. The van der Waals surface area contributed by atoms with Crippen molar-refractivity contribution in [3.05, 3.63) is 5.82 Å². The molecule has 0 atom stereocenters. The van der Waals surface area contributed by atoms with Crippen LogP contribution in [0, 0.1) is 0 Å². The third-order valence-corrected chi connectivity index (χ3v) is 1.51. The number of alkyl halides is 5. The van der Waals surface area contributed by atoms with E-state index in [4.69, 9.17) is 0 Å². The Morgan fingerprint density at radius 1 is 1.20 bits per heavy atom. The molecule has 0 fully saturated rings. The van der Waals surface area contributed by atoms with Crippen molar-refractivity contribution in [1.29, 1.82) is 0 Å². The number of hydrogen-bond acceptors (Lipinski definition) is 3. The average Bonchev–Trinajstić information content (AvgIpc) is 2.51. The summed E-state index contributed by atoms with van der Waals surface area (Å²) in [6.45, 7) is 1.84. The maximum absolute atomic E-state index is 12.6. The lowest BCUT2D eigenvalue weighted by molar-refractivity contribution is -0.292. The molecule has 0 N–H and O–H groups in total. The predicted molar refractivity (Wildman–Crippen MR) is 38.1 cm³/mol. The number of aryl methyl sites for hydroxylation is 1. The van der Waals surface area contributed by atoms with Crippen molar-refractivity contribution < 1.29 is 22.0 Å². The van der Waals surface area contributed by atoms with E-state index < -0.39 is 17.9 Å². The average molecular weight is 230 g/mol. The minimum Gasteiger partial charge on any atom is -0.187 e. The Labute approximate surface area is 81.1 Å². The van der Waals surface area contributed by atoms with Crippen LogP contribution in [0.2, 0.25) is 0 Å². The molecular formula is C6H7F5N4. The highest BCUT2D eigenvalue weighted by molar-refractivity contribution is 4.95. The molecule has 0 unspecified atom stereocenters. The van der Waals surface area contributed by atoms with Crippen molar-refractivity contribution in [2.24, 2.45) is 0 Å². The highest BCUT2D eigenvalue weighted by atomic mass is 19.4. The van der Waals surface area contributed by atoms with E-state index in [0.717, 1.165) is 0 Å². The second-order valence-electron chi connectivity index (χ2n) is 2.78. The summed E-state index contributed by atoms with van der Waals surface area (Å²) in [6, 6.07) is 0. The number of halogens is 5. The first-order chi connectivity index (χ1) is 6.79. The monoisotopic (exact) mass is 230 g/mol. The van der Waals surface area contributed by atoms with Crippen LogP contribution in [0.15, 0.2) is 0 Å². The molecule has 86 valence electrons. The minimum absolute atomic E-state index is 0.140. The number of aromatic nitrogens is 4. The third-order valence-electron chi connectivity index (χ3n) is 1.51. The van der Waals surface area contributed by atoms with Crippen molar-refractivity contribution in [2.75, 3.05) is 0 Å². The van der Waals surface area contributed by atoms with Crippen molar-refractivity contribution in [1.82, 2.24) is 20.2 Å². The van der Waals surface area contributed by atoms with Crippen molar-refractivity contribution in [2.45, 2.75) is 32.0 Å². The Balaban J connectivity index is 2.95. The Morgan fingerprint density at radius 2 is 1.80 bits per heavy atom. The maximum Gasteiger partial charge on any atom is 0.461 e. The van der Waals surface area contributed by atoms with E-state index in [2.05, 4.69) is 15.4 Å². The van der Waals surface area contributed by atoms with Crippen LogP contribution in [0.1, 0.15) is 19.2 Å². The van der Waals surface area contributed by atoms with Crippen LogP contribution in [0.5, 0.6) is 0 Å². The first-order valence-electron chi connectivity index (χ1n) is 4.02. The summed E-state index contributed by atoms with van der Waals surface area (Å²) in [7, 11) is 0. The van der Waals surface area contributed by atoms with Gasteiger partial charge in [0.2, 0.25) is 0 Å². The van der Waals surface area contributed by atoms with Gasteiger partial charge in [0.1, 0.15) is 0 Å². The van der Waals surface area contributed by atoms with Gasteiger partial charge in [-0.2, -0.15) is 26.7 Å². The number of tetrazole rings is 1. The molecule has 1 heterocycles. The summed E-state index contributed by atoms with van der Waals surface area (Å²) in [5.74, 6) is -6.68. The molecule has 1 rings (SSSR count). The highest BCUT2D eigenvalue weighted by Gasteiger charge is 2.62. The molecule has 4 nitrogen and oxygen atoms in total. The Morgan fingerprint density at radius 3 is 2.27 bits per heavy atom. The topological polar surface area (TPSA) is 43.6 Å². The zero-order valence-corrected chi connectivity index (χ0v) is 7.59. The van der Waals surface area contributed by atoms with Crippen LogP contribution < -0.4 is 0 Å². The van der Waals surface area contributed by atoms with E-state index in [1.807, 2.05) is 0 Å². The van der Waals surface area contributed by atoms with Gasteiger partial charge in [-0.1, -0.05) is 6.92 Å². The van der Waals surface area contributed by atoms with E-state index in [9.17, 15) is 22.0 Å². The summed E-state index contributed by atoms with van der Waals surface area (Å²) in [4.78, 5) is 0.703. The summed E-state index contributed by atoms with van der Waals surface area (Å²) >= 11 is 0. The number of nitrogens with zero attached hydrogens (tertiary/aromatic N) is 4. The fourth-order valence-electron chi connectivity index (χ4n) is 0.790. The van der Waals surface area contributed by atoms with Gasteiger partial charge >= 0.3 is 12.1 Å². The third kappa shape index (κ3) is 2.21. The van der Waals surface area contributed by atoms with Crippen molar-refractivity contribution in [3.8, 4) is 0 Å². The molecule has 1 aromatic heterocycles. The first kappa shape index (κ1) is 11.8.